The fourth-order valence-electron chi connectivity index (χ4n) is 2.11. The number of hydrogen-bond acceptors (Lipinski definition) is 3. The number of hydrogen-bond donors (Lipinski definition) is 2. The van der Waals surface area contributed by atoms with Crippen LogP contribution in [0.5, 0.6) is 0 Å². The number of rotatable bonds is 4. The van der Waals surface area contributed by atoms with E-state index in [9.17, 15) is 0 Å². The lowest BCUT2D eigenvalue weighted by Gasteiger charge is -2.07. The zero-order valence-electron chi connectivity index (χ0n) is 11.7. The molecule has 0 fully saturated rings. The maximum atomic E-state index is 4.44. The van der Waals surface area contributed by atoms with E-state index in [1.54, 1.807) is 6.20 Å². The smallest absolute Gasteiger partial charge is 0.128 e. The molecule has 2 N–H and O–H groups in total. The van der Waals surface area contributed by atoms with Crippen molar-refractivity contribution in [2.24, 2.45) is 5.92 Å². The van der Waals surface area contributed by atoms with Crippen molar-refractivity contribution in [1.29, 1.82) is 0 Å². The zero-order chi connectivity index (χ0) is 13.9. The van der Waals surface area contributed by atoms with Crippen LogP contribution in [0.25, 0.3) is 22.2 Å². The number of H-pyrrole nitrogens is 1. The molecular formula is C16H18N4. The monoisotopic (exact) mass is 266 g/mol. The molecule has 0 aliphatic heterocycles. The van der Waals surface area contributed by atoms with Gasteiger partial charge in [-0.25, -0.2) is 4.98 Å². The number of anilines is 1. The molecule has 4 heteroatoms. The lowest BCUT2D eigenvalue weighted by atomic mass is 10.2. The van der Waals surface area contributed by atoms with E-state index in [1.165, 1.54) is 0 Å². The summed E-state index contributed by atoms with van der Waals surface area (Å²) >= 11 is 0. The van der Waals surface area contributed by atoms with Crippen LogP contribution >= 0.6 is 0 Å². The van der Waals surface area contributed by atoms with E-state index in [-0.39, 0.29) is 0 Å². The summed E-state index contributed by atoms with van der Waals surface area (Å²) < 4.78 is 0. The SMILES string of the molecule is CC(C)CNc1cc2[nH]c(-c3cccnc3)cc2cn1. The van der Waals surface area contributed by atoms with Crippen molar-refractivity contribution in [2.45, 2.75) is 13.8 Å². The number of nitrogens with zero attached hydrogens (tertiary/aromatic N) is 2. The van der Waals surface area contributed by atoms with Crippen molar-refractivity contribution in [3.05, 3.63) is 42.9 Å². The van der Waals surface area contributed by atoms with Crippen LogP contribution in [0.1, 0.15) is 13.8 Å². The molecule has 102 valence electrons. The zero-order valence-corrected chi connectivity index (χ0v) is 11.7. The lowest BCUT2D eigenvalue weighted by Crippen LogP contribution is -2.08. The van der Waals surface area contributed by atoms with Gasteiger partial charge in [0.05, 0.1) is 5.52 Å². The molecule has 3 aromatic heterocycles. The van der Waals surface area contributed by atoms with Crippen LogP contribution in [0.3, 0.4) is 0 Å². The quantitative estimate of drug-likeness (QED) is 0.757. The summed E-state index contributed by atoms with van der Waals surface area (Å²) in [6, 6.07) is 8.14. The molecule has 3 aromatic rings. The van der Waals surface area contributed by atoms with E-state index >= 15 is 0 Å². The Labute approximate surface area is 118 Å². The van der Waals surface area contributed by atoms with Gasteiger partial charge in [0.1, 0.15) is 5.82 Å². The molecule has 0 unspecified atom stereocenters. The highest BCUT2D eigenvalue weighted by Gasteiger charge is 2.05. The Morgan fingerprint density at radius 3 is 2.90 bits per heavy atom. The highest BCUT2D eigenvalue weighted by Crippen LogP contribution is 2.24. The minimum absolute atomic E-state index is 0.599. The Balaban J connectivity index is 1.91. The normalized spacial score (nSPS) is 11.2. The van der Waals surface area contributed by atoms with Crippen LogP contribution in [-0.4, -0.2) is 21.5 Å². The van der Waals surface area contributed by atoms with Gasteiger partial charge in [-0.15, -0.1) is 0 Å². The molecule has 0 radical (unpaired) electrons. The largest absolute Gasteiger partial charge is 0.370 e. The first-order valence-corrected chi connectivity index (χ1v) is 6.85. The third kappa shape index (κ3) is 2.64. The second-order valence-electron chi connectivity index (χ2n) is 5.36. The van der Waals surface area contributed by atoms with Gasteiger partial charge in [-0.3, -0.25) is 4.98 Å². The van der Waals surface area contributed by atoms with Gasteiger partial charge in [-0.05, 0) is 24.1 Å². The van der Waals surface area contributed by atoms with Gasteiger partial charge in [-0.2, -0.15) is 0 Å². The predicted molar refractivity (Wildman–Crippen MR) is 82.7 cm³/mol. The van der Waals surface area contributed by atoms with E-state index in [2.05, 4.69) is 46.2 Å². The highest BCUT2D eigenvalue weighted by molar-refractivity contribution is 5.86. The average molecular weight is 266 g/mol. The van der Waals surface area contributed by atoms with Crippen molar-refractivity contribution in [3.63, 3.8) is 0 Å². The summed E-state index contributed by atoms with van der Waals surface area (Å²) in [7, 11) is 0. The second kappa shape index (κ2) is 5.33. The Hall–Kier alpha value is -2.36. The summed E-state index contributed by atoms with van der Waals surface area (Å²) in [6.45, 7) is 5.29. The summed E-state index contributed by atoms with van der Waals surface area (Å²) in [5.74, 6) is 1.51. The Morgan fingerprint density at radius 2 is 2.15 bits per heavy atom. The molecule has 0 aromatic carbocycles. The first-order valence-electron chi connectivity index (χ1n) is 6.85. The third-order valence-corrected chi connectivity index (χ3v) is 3.17. The molecule has 0 bridgehead atoms. The minimum Gasteiger partial charge on any atom is -0.370 e. The Morgan fingerprint density at radius 1 is 1.25 bits per heavy atom. The molecule has 0 atom stereocenters. The molecule has 0 aliphatic rings. The maximum absolute atomic E-state index is 4.44. The van der Waals surface area contributed by atoms with Crippen molar-refractivity contribution >= 4 is 16.7 Å². The molecular weight excluding hydrogens is 248 g/mol. The number of nitrogens with one attached hydrogen (secondary N) is 2. The molecule has 3 rings (SSSR count). The summed E-state index contributed by atoms with van der Waals surface area (Å²) in [6.07, 6.45) is 5.53. The number of aromatic amines is 1. The van der Waals surface area contributed by atoms with E-state index in [4.69, 9.17) is 0 Å². The van der Waals surface area contributed by atoms with Crippen LogP contribution in [0.2, 0.25) is 0 Å². The van der Waals surface area contributed by atoms with Crippen LogP contribution < -0.4 is 5.32 Å². The highest BCUT2D eigenvalue weighted by atomic mass is 15.0. The number of fused-ring (bicyclic) bond motifs is 1. The maximum Gasteiger partial charge on any atom is 0.128 e. The van der Waals surface area contributed by atoms with Gasteiger partial charge in [0.2, 0.25) is 0 Å². The molecule has 0 saturated heterocycles. The Kier molecular flexibility index (Phi) is 3.37. The molecule has 0 saturated carbocycles. The molecule has 3 heterocycles. The van der Waals surface area contributed by atoms with Crippen molar-refractivity contribution < 1.29 is 0 Å². The van der Waals surface area contributed by atoms with E-state index in [0.29, 0.717) is 5.92 Å². The van der Waals surface area contributed by atoms with Crippen LogP contribution in [0.15, 0.2) is 42.9 Å². The lowest BCUT2D eigenvalue weighted by molar-refractivity contribution is 0.687. The van der Waals surface area contributed by atoms with Gasteiger partial charge in [-0.1, -0.05) is 13.8 Å². The Bertz CT molecular complexity index is 701. The van der Waals surface area contributed by atoms with Gasteiger partial charge in [0.15, 0.2) is 0 Å². The van der Waals surface area contributed by atoms with Crippen molar-refractivity contribution in [2.75, 3.05) is 11.9 Å². The van der Waals surface area contributed by atoms with Crippen molar-refractivity contribution in [1.82, 2.24) is 15.0 Å². The van der Waals surface area contributed by atoms with E-state index in [0.717, 1.165) is 34.5 Å². The van der Waals surface area contributed by atoms with Crippen LogP contribution in [0.4, 0.5) is 5.82 Å². The molecule has 0 aliphatic carbocycles. The van der Waals surface area contributed by atoms with Crippen LogP contribution in [-0.2, 0) is 0 Å². The summed E-state index contributed by atoms with van der Waals surface area (Å²) in [5.41, 5.74) is 3.24. The van der Waals surface area contributed by atoms with Crippen LogP contribution in [0, 0.1) is 5.92 Å². The summed E-state index contributed by atoms with van der Waals surface area (Å²) in [4.78, 5) is 12.0. The van der Waals surface area contributed by atoms with E-state index in [1.807, 2.05) is 24.5 Å². The minimum atomic E-state index is 0.599. The molecule has 0 spiro atoms. The predicted octanol–water partition coefficient (Wildman–Crippen LogP) is 3.69. The topological polar surface area (TPSA) is 53.6 Å². The fraction of sp³-hybridized carbons (Fsp3) is 0.250. The van der Waals surface area contributed by atoms with E-state index < -0.39 is 0 Å². The fourth-order valence-corrected chi connectivity index (χ4v) is 2.11. The number of aromatic nitrogens is 3. The van der Waals surface area contributed by atoms with Gasteiger partial charge < -0.3 is 10.3 Å². The first-order chi connectivity index (χ1) is 9.72. The van der Waals surface area contributed by atoms with Gasteiger partial charge in [0.25, 0.3) is 0 Å². The summed E-state index contributed by atoms with van der Waals surface area (Å²) in [5, 5.41) is 4.45. The van der Waals surface area contributed by atoms with Gasteiger partial charge in [0, 0.05) is 47.8 Å². The molecule has 4 nitrogen and oxygen atoms in total. The van der Waals surface area contributed by atoms with Gasteiger partial charge >= 0.3 is 0 Å². The molecule has 0 amide bonds. The second-order valence-corrected chi connectivity index (χ2v) is 5.36. The third-order valence-electron chi connectivity index (χ3n) is 3.17. The standard InChI is InChI=1S/C16H18N4/c1-11(2)8-18-16-7-15-13(10-19-16)6-14(20-15)12-4-3-5-17-9-12/h3-7,9-11,20H,8H2,1-2H3,(H,18,19). The molecule has 20 heavy (non-hydrogen) atoms. The first kappa shape index (κ1) is 12.7. The van der Waals surface area contributed by atoms with Crippen molar-refractivity contribution in [3.8, 4) is 11.3 Å². The number of pyridine rings is 2. The average Bonchev–Trinajstić information content (AvgIpc) is 2.89.